The van der Waals surface area contributed by atoms with E-state index in [1.54, 1.807) is 0 Å². The fourth-order valence-electron chi connectivity index (χ4n) is 3.79. The Morgan fingerprint density at radius 3 is 2.29 bits per heavy atom. The molecule has 11 heteroatoms. The van der Waals surface area contributed by atoms with Crippen LogP contribution in [0.2, 0.25) is 0 Å². The molecule has 1 aliphatic heterocycles. The van der Waals surface area contributed by atoms with Crippen molar-refractivity contribution >= 4 is 39.4 Å². The number of thiazole rings is 1. The minimum absolute atomic E-state index is 0.0122. The summed E-state index contributed by atoms with van der Waals surface area (Å²) >= 11 is 0.953. The highest BCUT2D eigenvalue weighted by Crippen LogP contribution is 2.31. The molecule has 1 fully saturated rings. The highest BCUT2D eigenvalue weighted by molar-refractivity contribution is 7.18. The second-order valence-electron chi connectivity index (χ2n) is 7.98. The Labute approximate surface area is 199 Å². The summed E-state index contributed by atoms with van der Waals surface area (Å²) < 4.78 is 40.2. The molecule has 0 bridgehead atoms. The molecule has 2 heterocycles. The van der Waals surface area contributed by atoms with Crippen molar-refractivity contribution in [2.75, 3.05) is 49.2 Å². The lowest BCUT2D eigenvalue weighted by molar-refractivity contribution is 0.104. The first-order valence-corrected chi connectivity index (χ1v) is 11.6. The third-order valence-electron chi connectivity index (χ3n) is 5.87. The molecule has 2 aromatic carbocycles. The lowest BCUT2D eigenvalue weighted by Gasteiger charge is -2.39. The third kappa shape index (κ3) is 5.01. The number of piperazine rings is 1. The average Bonchev–Trinajstić information content (AvgIpc) is 3.21. The molecule has 0 radical (unpaired) electrons. The van der Waals surface area contributed by atoms with E-state index in [9.17, 15) is 18.0 Å². The van der Waals surface area contributed by atoms with Gasteiger partial charge in [0, 0.05) is 43.1 Å². The summed E-state index contributed by atoms with van der Waals surface area (Å²) in [5, 5.41) is 6.71. The molecular formula is C23H25F3N6OS. The number of carbonyl (C=O) groups is 1. The van der Waals surface area contributed by atoms with Crippen LogP contribution in [0.5, 0.6) is 0 Å². The zero-order valence-electron chi connectivity index (χ0n) is 18.7. The largest absolute Gasteiger partial charge is 0.382 e. The molecule has 0 saturated carbocycles. The normalized spacial score (nSPS) is 15.4. The van der Waals surface area contributed by atoms with Crippen molar-refractivity contribution in [3.05, 3.63) is 64.3 Å². The summed E-state index contributed by atoms with van der Waals surface area (Å²) in [6.07, 6.45) is 0.345. The summed E-state index contributed by atoms with van der Waals surface area (Å²) in [6.45, 7) is 5.95. The first-order valence-electron chi connectivity index (χ1n) is 10.8. The van der Waals surface area contributed by atoms with Crippen molar-refractivity contribution < 1.29 is 18.0 Å². The third-order valence-corrected chi connectivity index (χ3v) is 6.85. The van der Waals surface area contributed by atoms with Gasteiger partial charge < -0.3 is 21.3 Å². The fraction of sp³-hybridized carbons (Fsp3) is 0.304. The van der Waals surface area contributed by atoms with Gasteiger partial charge in [0.2, 0.25) is 5.78 Å². The van der Waals surface area contributed by atoms with Crippen LogP contribution in [0.3, 0.4) is 0 Å². The maximum Gasteiger partial charge on any atom is 0.207 e. The van der Waals surface area contributed by atoms with Crippen molar-refractivity contribution in [2.45, 2.75) is 13.1 Å². The Kier molecular flexibility index (Phi) is 7.05. The average molecular weight is 491 g/mol. The molecule has 1 unspecified atom stereocenters. The molecule has 0 aliphatic carbocycles. The molecule has 4 N–H and O–H groups in total. The topological polar surface area (TPSA) is 86.5 Å². The highest BCUT2D eigenvalue weighted by atomic mass is 32.1. The number of halogens is 3. The minimum atomic E-state index is -1.63. The maximum atomic E-state index is 13.5. The molecule has 1 aromatic heterocycles. The van der Waals surface area contributed by atoms with Crippen molar-refractivity contribution in [3.8, 4) is 0 Å². The number of nitrogens with one attached hydrogen (secondary N) is 2. The number of nitrogens with zero attached hydrogens (tertiary/aromatic N) is 3. The summed E-state index contributed by atoms with van der Waals surface area (Å²) in [4.78, 5) is 21.5. The standard InChI is InChI=1S/C23H25F3N6OS/c1-13(28-2)31-7-9-32(10-8-31)16-5-3-15(4-6-16)29-23-30-22(27)21(34-23)20(33)14-11-17(24)19(26)18(25)12-14/h3-6,11-13,28H,7-10,27H2,1-2H3,(H,29,30). The number of nitrogens with two attached hydrogens (primary N) is 1. The quantitative estimate of drug-likeness (QED) is 0.343. The molecule has 1 atom stereocenters. The van der Waals surface area contributed by atoms with Gasteiger partial charge >= 0.3 is 0 Å². The Balaban J connectivity index is 1.42. The van der Waals surface area contributed by atoms with E-state index < -0.39 is 23.2 Å². The lowest BCUT2D eigenvalue weighted by atomic mass is 10.1. The molecule has 0 amide bonds. The van der Waals surface area contributed by atoms with E-state index in [1.165, 1.54) is 0 Å². The van der Waals surface area contributed by atoms with Gasteiger partial charge in [0.1, 0.15) is 10.7 Å². The van der Waals surface area contributed by atoms with Crippen LogP contribution in [0.25, 0.3) is 0 Å². The molecular weight excluding hydrogens is 465 g/mol. The van der Waals surface area contributed by atoms with Crippen LogP contribution in [-0.4, -0.2) is 55.1 Å². The second kappa shape index (κ2) is 10.00. The number of aromatic nitrogens is 1. The Morgan fingerprint density at radius 1 is 1.09 bits per heavy atom. The Morgan fingerprint density at radius 2 is 1.71 bits per heavy atom. The van der Waals surface area contributed by atoms with Crippen molar-refractivity contribution in [3.63, 3.8) is 0 Å². The van der Waals surface area contributed by atoms with Gasteiger partial charge in [-0.1, -0.05) is 11.3 Å². The van der Waals surface area contributed by atoms with Gasteiger partial charge in [-0.2, -0.15) is 0 Å². The number of carbonyl (C=O) groups excluding carboxylic acids is 1. The summed E-state index contributed by atoms with van der Waals surface area (Å²) in [5.41, 5.74) is 7.38. The zero-order valence-corrected chi connectivity index (χ0v) is 19.6. The highest BCUT2D eigenvalue weighted by Gasteiger charge is 2.22. The lowest BCUT2D eigenvalue weighted by Crippen LogP contribution is -2.53. The number of rotatable bonds is 7. The van der Waals surface area contributed by atoms with E-state index >= 15 is 0 Å². The first-order chi connectivity index (χ1) is 16.3. The number of anilines is 4. The van der Waals surface area contributed by atoms with E-state index in [1.807, 2.05) is 31.3 Å². The molecule has 3 aromatic rings. The SMILES string of the molecule is CNC(C)N1CCN(c2ccc(Nc3nc(N)c(C(=O)c4cc(F)c(F)c(F)c4)s3)cc2)CC1. The summed E-state index contributed by atoms with van der Waals surface area (Å²) in [5.74, 6) is -5.32. The fourth-order valence-corrected chi connectivity index (χ4v) is 4.66. The van der Waals surface area contributed by atoms with Crippen LogP contribution < -0.4 is 21.3 Å². The van der Waals surface area contributed by atoms with Crippen LogP contribution in [0.1, 0.15) is 22.2 Å². The Bertz CT molecular complexity index is 1150. The van der Waals surface area contributed by atoms with Gasteiger partial charge in [0.05, 0.1) is 6.17 Å². The predicted octanol–water partition coefficient (Wildman–Crippen LogP) is 3.80. The molecule has 7 nitrogen and oxygen atoms in total. The van der Waals surface area contributed by atoms with Crippen LogP contribution in [0.15, 0.2) is 36.4 Å². The van der Waals surface area contributed by atoms with Gasteiger partial charge in [-0.25, -0.2) is 18.2 Å². The number of hydrogen-bond acceptors (Lipinski definition) is 8. The predicted molar refractivity (Wildman–Crippen MR) is 128 cm³/mol. The molecule has 180 valence electrons. The second-order valence-corrected chi connectivity index (χ2v) is 8.97. The monoisotopic (exact) mass is 490 g/mol. The van der Waals surface area contributed by atoms with Crippen molar-refractivity contribution in [1.82, 2.24) is 15.2 Å². The molecule has 1 saturated heterocycles. The van der Waals surface area contributed by atoms with E-state index in [2.05, 4.69) is 32.3 Å². The van der Waals surface area contributed by atoms with E-state index in [-0.39, 0.29) is 16.3 Å². The van der Waals surface area contributed by atoms with Crippen LogP contribution in [-0.2, 0) is 0 Å². The number of hydrogen-bond donors (Lipinski definition) is 3. The zero-order chi connectivity index (χ0) is 24.4. The van der Waals surface area contributed by atoms with Crippen LogP contribution in [0.4, 0.5) is 35.5 Å². The van der Waals surface area contributed by atoms with Gasteiger partial charge in [-0.05, 0) is 50.4 Å². The van der Waals surface area contributed by atoms with E-state index in [0.717, 1.165) is 48.9 Å². The molecule has 0 spiro atoms. The smallest absolute Gasteiger partial charge is 0.207 e. The van der Waals surface area contributed by atoms with Gasteiger partial charge in [0.15, 0.2) is 22.6 Å². The van der Waals surface area contributed by atoms with E-state index in [4.69, 9.17) is 5.73 Å². The van der Waals surface area contributed by atoms with E-state index in [0.29, 0.717) is 23.4 Å². The van der Waals surface area contributed by atoms with Gasteiger partial charge in [-0.3, -0.25) is 9.69 Å². The first kappa shape index (κ1) is 24.0. The van der Waals surface area contributed by atoms with Crippen LogP contribution >= 0.6 is 11.3 Å². The van der Waals surface area contributed by atoms with Gasteiger partial charge in [0.25, 0.3) is 0 Å². The molecule has 1 aliphatic rings. The van der Waals surface area contributed by atoms with Crippen molar-refractivity contribution in [1.29, 1.82) is 0 Å². The molecule has 34 heavy (non-hydrogen) atoms. The molecule has 4 rings (SSSR count). The minimum Gasteiger partial charge on any atom is -0.382 e. The van der Waals surface area contributed by atoms with Crippen molar-refractivity contribution in [2.24, 2.45) is 0 Å². The maximum absolute atomic E-state index is 13.5. The number of ketones is 1. The number of benzene rings is 2. The summed E-state index contributed by atoms with van der Waals surface area (Å²) in [6, 6.07) is 9.11. The van der Waals surface area contributed by atoms with Gasteiger partial charge in [-0.15, -0.1) is 0 Å². The van der Waals surface area contributed by atoms with Crippen LogP contribution in [0, 0.1) is 17.5 Å². The summed E-state index contributed by atoms with van der Waals surface area (Å²) in [7, 11) is 1.96. The number of nitrogen functional groups attached to an aromatic ring is 1. The Hall–Kier alpha value is -3.15.